The molecule has 142 valence electrons. The maximum absolute atomic E-state index is 12.6. The van der Waals surface area contributed by atoms with Crippen molar-refractivity contribution < 1.29 is 28.3 Å². The molecule has 2 amide bonds. The number of benzene rings is 1. The van der Waals surface area contributed by atoms with Crippen molar-refractivity contribution in [1.82, 2.24) is 10.3 Å². The lowest BCUT2D eigenvalue weighted by molar-refractivity contribution is -0.120. The first kappa shape index (κ1) is 18.5. The number of nitrogens with zero attached hydrogens (tertiary/aromatic N) is 1. The molecule has 4 N–H and O–H groups in total. The van der Waals surface area contributed by atoms with Gasteiger partial charge in [0.05, 0.1) is 18.4 Å². The zero-order valence-electron chi connectivity index (χ0n) is 14.8. The number of oxazole rings is 1. The van der Waals surface area contributed by atoms with Gasteiger partial charge in [-0.3, -0.25) is 9.59 Å². The number of carbonyl (C=O) groups is 2. The Hall–Kier alpha value is -3.33. The number of hydrogen-bond acceptors (Lipinski definition) is 7. The Balaban J connectivity index is 1.85. The molecule has 0 bridgehead atoms. The predicted molar refractivity (Wildman–Crippen MR) is 94.1 cm³/mol. The van der Waals surface area contributed by atoms with E-state index in [9.17, 15) is 14.7 Å². The Bertz CT molecular complexity index is 990. The van der Waals surface area contributed by atoms with E-state index >= 15 is 0 Å². The molecule has 2 aromatic heterocycles. The number of rotatable bonds is 7. The highest BCUT2D eigenvalue weighted by Crippen LogP contribution is 2.29. The number of aliphatic hydroxyl groups excluding tert-OH is 1. The second-order valence-electron chi connectivity index (χ2n) is 5.94. The molecule has 1 atom stereocenters. The molecule has 0 spiro atoms. The molecular weight excluding hydrogens is 354 g/mol. The van der Waals surface area contributed by atoms with E-state index in [0.29, 0.717) is 34.1 Å². The summed E-state index contributed by atoms with van der Waals surface area (Å²) in [5.74, 6) is 0.573. The van der Waals surface area contributed by atoms with E-state index in [1.807, 2.05) is 0 Å². The van der Waals surface area contributed by atoms with Gasteiger partial charge < -0.3 is 29.7 Å². The number of ether oxygens (including phenoxy) is 1. The highest BCUT2D eigenvalue weighted by molar-refractivity contribution is 6.08. The molecule has 3 rings (SSSR count). The fraction of sp³-hybridized carbons (Fsp3) is 0.278. The Labute approximate surface area is 154 Å². The van der Waals surface area contributed by atoms with Gasteiger partial charge in [-0.1, -0.05) is 0 Å². The van der Waals surface area contributed by atoms with Crippen LogP contribution < -0.4 is 15.8 Å². The van der Waals surface area contributed by atoms with Crippen LogP contribution in [0.3, 0.4) is 0 Å². The van der Waals surface area contributed by atoms with Crippen molar-refractivity contribution in [3.8, 4) is 5.75 Å². The van der Waals surface area contributed by atoms with Gasteiger partial charge in [-0.2, -0.15) is 0 Å². The minimum Gasteiger partial charge on any atom is -0.486 e. The average molecular weight is 373 g/mol. The molecule has 0 aliphatic rings. The monoisotopic (exact) mass is 373 g/mol. The van der Waals surface area contributed by atoms with Crippen LogP contribution in [-0.2, 0) is 11.4 Å². The number of aromatic nitrogens is 1. The van der Waals surface area contributed by atoms with Gasteiger partial charge in [-0.15, -0.1) is 0 Å². The number of furan rings is 1. The third kappa shape index (κ3) is 3.93. The Morgan fingerprint density at radius 3 is 2.74 bits per heavy atom. The Morgan fingerprint density at radius 2 is 2.11 bits per heavy atom. The summed E-state index contributed by atoms with van der Waals surface area (Å²) < 4.78 is 16.6. The molecule has 0 fully saturated rings. The number of hydrogen-bond donors (Lipinski definition) is 3. The quantitative estimate of drug-likeness (QED) is 0.565. The van der Waals surface area contributed by atoms with Gasteiger partial charge in [-0.25, -0.2) is 4.98 Å². The smallest absolute Gasteiger partial charge is 0.256 e. The maximum atomic E-state index is 12.6. The molecule has 0 aliphatic heterocycles. The van der Waals surface area contributed by atoms with Crippen LogP contribution in [-0.4, -0.2) is 34.6 Å². The minimum atomic E-state index is -1.18. The molecule has 0 aliphatic carbocycles. The van der Waals surface area contributed by atoms with E-state index in [1.54, 1.807) is 38.2 Å². The summed E-state index contributed by atoms with van der Waals surface area (Å²) in [7, 11) is 0. The van der Waals surface area contributed by atoms with E-state index in [4.69, 9.17) is 19.3 Å². The number of nitrogens with two attached hydrogens (primary N) is 1. The van der Waals surface area contributed by atoms with Crippen LogP contribution >= 0.6 is 0 Å². The van der Waals surface area contributed by atoms with Crippen LogP contribution in [0.25, 0.3) is 11.0 Å². The van der Waals surface area contributed by atoms with Crippen LogP contribution in [0.15, 0.2) is 33.2 Å². The lowest BCUT2D eigenvalue weighted by Gasteiger charge is -2.12. The van der Waals surface area contributed by atoms with E-state index in [2.05, 4.69) is 10.3 Å². The van der Waals surface area contributed by atoms with Gasteiger partial charge in [0.25, 0.3) is 5.91 Å². The molecule has 0 unspecified atom stereocenters. The number of fused-ring (bicyclic) bond motifs is 1. The molecular formula is C18H19N3O6. The van der Waals surface area contributed by atoms with Gasteiger partial charge >= 0.3 is 0 Å². The van der Waals surface area contributed by atoms with Crippen LogP contribution in [0, 0.1) is 13.8 Å². The largest absolute Gasteiger partial charge is 0.486 e. The van der Waals surface area contributed by atoms with Gasteiger partial charge in [0.15, 0.2) is 11.7 Å². The fourth-order valence-electron chi connectivity index (χ4n) is 2.63. The third-order valence-electron chi connectivity index (χ3n) is 3.94. The molecule has 0 radical (unpaired) electrons. The summed E-state index contributed by atoms with van der Waals surface area (Å²) in [4.78, 5) is 27.8. The topological polar surface area (TPSA) is 141 Å². The van der Waals surface area contributed by atoms with E-state index < -0.39 is 24.5 Å². The summed E-state index contributed by atoms with van der Waals surface area (Å²) in [5.41, 5.74) is 5.88. The lowest BCUT2D eigenvalue weighted by atomic mass is 10.1. The molecule has 9 heteroatoms. The number of aliphatic hydroxyl groups is 1. The van der Waals surface area contributed by atoms with Crippen molar-refractivity contribution in [1.29, 1.82) is 0 Å². The van der Waals surface area contributed by atoms with Crippen molar-refractivity contribution in [2.45, 2.75) is 26.5 Å². The van der Waals surface area contributed by atoms with Gasteiger partial charge in [-0.05, 0) is 25.1 Å². The van der Waals surface area contributed by atoms with Crippen molar-refractivity contribution in [2.75, 3.05) is 6.61 Å². The van der Waals surface area contributed by atoms with Crippen molar-refractivity contribution >= 4 is 22.8 Å². The number of carbonyl (C=O) groups excluding carboxylic acids is 2. The first-order chi connectivity index (χ1) is 12.9. The zero-order valence-corrected chi connectivity index (χ0v) is 14.8. The second kappa shape index (κ2) is 7.50. The van der Waals surface area contributed by atoms with Gasteiger partial charge in [0.1, 0.15) is 29.7 Å². The van der Waals surface area contributed by atoms with Crippen LogP contribution in [0.4, 0.5) is 0 Å². The molecule has 0 saturated heterocycles. The summed E-state index contributed by atoms with van der Waals surface area (Å²) in [5, 5.41) is 12.1. The predicted octanol–water partition coefficient (Wildman–Crippen LogP) is 1.19. The summed E-state index contributed by atoms with van der Waals surface area (Å²) in [6, 6.07) is 3.85. The number of amides is 2. The fourth-order valence-corrected chi connectivity index (χ4v) is 2.63. The second-order valence-corrected chi connectivity index (χ2v) is 5.94. The van der Waals surface area contributed by atoms with Crippen LogP contribution in [0.2, 0.25) is 0 Å². The van der Waals surface area contributed by atoms with Crippen molar-refractivity contribution in [3.63, 3.8) is 0 Å². The first-order valence-corrected chi connectivity index (χ1v) is 8.17. The van der Waals surface area contributed by atoms with E-state index in [1.165, 1.54) is 0 Å². The SMILES string of the molecule is Cc1ncc(COc2ccc3oc(C)c(C(=O)N[C@@H](CO)C(N)=O)c3c2)o1. The number of primary amides is 1. The normalized spacial score (nSPS) is 12.1. The number of nitrogens with one attached hydrogen (secondary N) is 1. The molecule has 9 nitrogen and oxygen atoms in total. The molecule has 27 heavy (non-hydrogen) atoms. The Morgan fingerprint density at radius 1 is 1.33 bits per heavy atom. The number of aryl methyl sites for hydroxylation is 2. The summed E-state index contributed by atoms with van der Waals surface area (Å²) >= 11 is 0. The Kier molecular flexibility index (Phi) is 5.13. The van der Waals surface area contributed by atoms with E-state index in [-0.39, 0.29) is 12.2 Å². The lowest BCUT2D eigenvalue weighted by Crippen LogP contribution is -2.46. The average Bonchev–Trinajstić information content (AvgIpc) is 3.19. The molecule has 0 saturated carbocycles. The minimum absolute atomic E-state index is 0.180. The first-order valence-electron chi connectivity index (χ1n) is 8.17. The van der Waals surface area contributed by atoms with Gasteiger partial charge in [0, 0.05) is 12.3 Å². The maximum Gasteiger partial charge on any atom is 0.256 e. The molecule has 2 heterocycles. The van der Waals surface area contributed by atoms with Crippen LogP contribution in [0.5, 0.6) is 5.75 Å². The highest BCUT2D eigenvalue weighted by atomic mass is 16.5. The summed E-state index contributed by atoms with van der Waals surface area (Å²) in [6.45, 7) is 2.95. The third-order valence-corrected chi connectivity index (χ3v) is 3.94. The zero-order chi connectivity index (χ0) is 19.6. The summed E-state index contributed by atoms with van der Waals surface area (Å²) in [6.07, 6.45) is 1.58. The van der Waals surface area contributed by atoms with Crippen LogP contribution in [0.1, 0.15) is 27.8 Å². The molecule has 1 aromatic carbocycles. The standard InChI is InChI=1S/C18H19N3O6/c1-9-16(18(24)21-14(7-22)17(19)23)13-5-11(3-4-15(13)26-9)25-8-12-6-20-10(2)27-12/h3-6,14,22H,7-8H2,1-2H3,(H2,19,23)(H,21,24)/t14-/m0/s1. The van der Waals surface area contributed by atoms with E-state index in [0.717, 1.165) is 0 Å². The van der Waals surface area contributed by atoms with Crippen molar-refractivity contribution in [3.05, 3.63) is 47.4 Å². The van der Waals surface area contributed by atoms with Gasteiger partial charge in [0.2, 0.25) is 5.91 Å². The molecule has 3 aromatic rings. The van der Waals surface area contributed by atoms with Crippen molar-refractivity contribution in [2.24, 2.45) is 5.73 Å². The highest BCUT2D eigenvalue weighted by Gasteiger charge is 2.23.